The van der Waals surface area contributed by atoms with Gasteiger partial charge in [-0.05, 0) is 43.2 Å². The molecule has 0 aromatic heterocycles. The van der Waals surface area contributed by atoms with E-state index in [0.29, 0.717) is 18.6 Å². The summed E-state index contributed by atoms with van der Waals surface area (Å²) in [5, 5.41) is 10.5. The number of amides is 1. The minimum Gasteiger partial charge on any atom is -0.495 e. The van der Waals surface area contributed by atoms with Gasteiger partial charge in [-0.3, -0.25) is 9.10 Å². The van der Waals surface area contributed by atoms with Gasteiger partial charge in [0.2, 0.25) is 5.91 Å². The van der Waals surface area contributed by atoms with E-state index in [0.717, 1.165) is 17.1 Å². The lowest BCUT2D eigenvalue weighted by Crippen LogP contribution is -2.50. The number of aliphatic hydroxyl groups is 1. The Morgan fingerprint density at radius 2 is 1.84 bits per heavy atom. The normalized spacial score (nSPS) is 19.0. The number of benzene rings is 2. The quantitative estimate of drug-likeness (QED) is 0.676. The molecule has 1 amide bonds. The maximum atomic E-state index is 13.4. The van der Waals surface area contributed by atoms with Crippen LogP contribution in [0.2, 0.25) is 5.02 Å². The molecule has 1 aliphatic carbocycles. The van der Waals surface area contributed by atoms with Gasteiger partial charge < -0.3 is 14.7 Å². The number of carbonyl (C=O) groups excluding carboxylic acids is 1. The van der Waals surface area contributed by atoms with Gasteiger partial charge in [-0.15, -0.1) is 0 Å². The van der Waals surface area contributed by atoms with Crippen LogP contribution < -0.4 is 9.04 Å². The third-order valence-corrected chi connectivity index (χ3v) is 7.70. The predicted octanol–water partition coefficient (Wildman–Crippen LogP) is 3.31. The second kappa shape index (κ2) is 9.89. The maximum absolute atomic E-state index is 13.4. The van der Waals surface area contributed by atoms with Crippen LogP contribution in [0.3, 0.4) is 0 Å². The third-order valence-electron chi connectivity index (χ3n) is 5.62. The van der Waals surface area contributed by atoms with Crippen molar-refractivity contribution in [3.8, 4) is 5.75 Å². The van der Waals surface area contributed by atoms with E-state index >= 15 is 0 Å². The van der Waals surface area contributed by atoms with Crippen LogP contribution in [0.25, 0.3) is 0 Å². The Bertz CT molecular complexity index is 1020. The number of sulfonamides is 1. The summed E-state index contributed by atoms with van der Waals surface area (Å²) in [7, 11) is -0.967. The molecule has 0 radical (unpaired) electrons. The third kappa shape index (κ3) is 5.14. The van der Waals surface area contributed by atoms with E-state index in [9.17, 15) is 18.3 Å². The summed E-state index contributed by atoms with van der Waals surface area (Å²) >= 11 is 6.23. The molecular weight excluding hydrogens is 440 g/mol. The number of likely N-dealkylation sites (N-methyl/N-ethyl adjacent to an activating group) is 1. The molecule has 0 bridgehead atoms. The van der Waals surface area contributed by atoms with Crippen molar-refractivity contribution >= 4 is 33.2 Å². The number of methoxy groups -OCH3 is 1. The summed E-state index contributed by atoms with van der Waals surface area (Å²) in [5.41, 5.74) is 0.251. The molecule has 2 atom stereocenters. The lowest BCUT2D eigenvalue weighted by atomic mass is 9.91. The average Bonchev–Trinajstić information content (AvgIpc) is 2.77. The van der Waals surface area contributed by atoms with Gasteiger partial charge in [-0.2, -0.15) is 0 Å². The Morgan fingerprint density at radius 1 is 1.16 bits per heavy atom. The Labute approximate surface area is 188 Å². The van der Waals surface area contributed by atoms with Crippen LogP contribution in [0.5, 0.6) is 5.75 Å². The zero-order valence-corrected chi connectivity index (χ0v) is 19.1. The number of ether oxygens (including phenoxy) is 1. The number of anilines is 1. The molecule has 0 saturated heterocycles. The highest BCUT2D eigenvalue weighted by Crippen LogP contribution is 2.32. The lowest BCUT2D eigenvalue weighted by Gasteiger charge is -2.36. The second-order valence-electron chi connectivity index (χ2n) is 7.57. The highest BCUT2D eigenvalue weighted by atomic mass is 35.5. The highest BCUT2D eigenvalue weighted by Gasteiger charge is 2.33. The predicted molar refractivity (Wildman–Crippen MR) is 120 cm³/mol. The number of halogens is 1. The van der Waals surface area contributed by atoms with Crippen molar-refractivity contribution in [2.75, 3.05) is 25.0 Å². The SMILES string of the molecule is COc1ccc(N(CC(=O)N(C)C2CCCCC2O)S(=O)(=O)c2ccccc2)cc1Cl. The first-order valence-electron chi connectivity index (χ1n) is 10.1. The van der Waals surface area contributed by atoms with Gasteiger partial charge in [0.15, 0.2) is 0 Å². The van der Waals surface area contributed by atoms with Gasteiger partial charge in [0.05, 0.1) is 34.9 Å². The fourth-order valence-electron chi connectivity index (χ4n) is 3.81. The van der Waals surface area contributed by atoms with E-state index < -0.39 is 28.6 Å². The second-order valence-corrected chi connectivity index (χ2v) is 9.84. The first-order chi connectivity index (χ1) is 14.8. The molecule has 0 heterocycles. The van der Waals surface area contributed by atoms with Crippen molar-refractivity contribution < 1.29 is 23.1 Å². The van der Waals surface area contributed by atoms with E-state index in [1.807, 2.05) is 0 Å². The molecule has 9 heteroatoms. The van der Waals surface area contributed by atoms with Crippen molar-refractivity contribution in [1.29, 1.82) is 0 Å². The summed E-state index contributed by atoms with van der Waals surface area (Å²) < 4.78 is 33.1. The lowest BCUT2D eigenvalue weighted by molar-refractivity contribution is -0.133. The molecular formula is C22H27ClN2O5S. The van der Waals surface area contributed by atoms with E-state index in [1.54, 1.807) is 37.4 Å². The van der Waals surface area contributed by atoms with Crippen molar-refractivity contribution in [1.82, 2.24) is 4.90 Å². The Morgan fingerprint density at radius 3 is 2.45 bits per heavy atom. The minimum absolute atomic E-state index is 0.0649. The molecule has 0 spiro atoms. The summed E-state index contributed by atoms with van der Waals surface area (Å²) in [6, 6.07) is 12.2. The molecule has 3 rings (SSSR count). The van der Waals surface area contributed by atoms with E-state index in [4.69, 9.17) is 16.3 Å². The van der Waals surface area contributed by atoms with Crippen molar-refractivity contribution in [2.24, 2.45) is 0 Å². The molecule has 31 heavy (non-hydrogen) atoms. The first-order valence-corrected chi connectivity index (χ1v) is 11.9. The molecule has 1 fully saturated rings. The summed E-state index contributed by atoms with van der Waals surface area (Å²) in [4.78, 5) is 14.6. The molecule has 7 nitrogen and oxygen atoms in total. The van der Waals surface area contributed by atoms with Crippen LogP contribution in [-0.4, -0.2) is 57.2 Å². The van der Waals surface area contributed by atoms with Crippen LogP contribution in [0.4, 0.5) is 5.69 Å². The molecule has 1 aliphatic rings. The molecule has 2 aromatic rings. The fourth-order valence-corrected chi connectivity index (χ4v) is 5.49. The standard InChI is InChI=1S/C22H27ClN2O5S/c1-24(19-10-6-7-11-20(19)26)22(27)15-25(16-12-13-21(30-2)18(23)14-16)31(28,29)17-8-4-3-5-9-17/h3-5,8-9,12-14,19-20,26H,6-7,10-11,15H2,1-2H3. The van der Waals surface area contributed by atoms with Crippen molar-refractivity contribution in [3.05, 3.63) is 53.6 Å². The summed E-state index contributed by atoms with van der Waals surface area (Å²) in [6.07, 6.45) is 2.53. The molecule has 1 N–H and O–H groups in total. The van der Waals surface area contributed by atoms with Crippen LogP contribution >= 0.6 is 11.6 Å². The maximum Gasteiger partial charge on any atom is 0.264 e. The van der Waals surface area contributed by atoms with Crippen LogP contribution in [0.1, 0.15) is 25.7 Å². The molecule has 1 saturated carbocycles. The van der Waals surface area contributed by atoms with Gasteiger partial charge in [0, 0.05) is 7.05 Å². The largest absolute Gasteiger partial charge is 0.495 e. The molecule has 0 aliphatic heterocycles. The number of hydrogen-bond donors (Lipinski definition) is 1. The summed E-state index contributed by atoms with van der Waals surface area (Å²) in [5.74, 6) is -0.00588. The van der Waals surface area contributed by atoms with Crippen LogP contribution in [0, 0.1) is 0 Å². The smallest absolute Gasteiger partial charge is 0.264 e. The number of carbonyl (C=O) groups is 1. The number of aliphatic hydroxyl groups excluding tert-OH is 1. The van der Waals surface area contributed by atoms with Crippen molar-refractivity contribution in [2.45, 2.75) is 42.7 Å². The zero-order chi connectivity index (χ0) is 22.6. The Balaban J connectivity index is 1.96. The molecule has 168 valence electrons. The zero-order valence-electron chi connectivity index (χ0n) is 17.6. The van der Waals surface area contributed by atoms with Crippen molar-refractivity contribution in [3.63, 3.8) is 0 Å². The first kappa shape index (κ1) is 23.4. The van der Waals surface area contributed by atoms with Gasteiger partial charge in [0.25, 0.3) is 10.0 Å². The Hall–Kier alpha value is -2.29. The van der Waals surface area contributed by atoms with E-state index in [-0.39, 0.29) is 21.6 Å². The van der Waals surface area contributed by atoms with Gasteiger partial charge in [0.1, 0.15) is 12.3 Å². The van der Waals surface area contributed by atoms with Crippen LogP contribution in [0.15, 0.2) is 53.4 Å². The van der Waals surface area contributed by atoms with E-state index in [2.05, 4.69) is 0 Å². The fraction of sp³-hybridized carbons (Fsp3) is 0.409. The van der Waals surface area contributed by atoms with E-state index in [1.165, 1.54) is 30.2 Å². The number of rotatable bonds is 7. The topological polar surface area (TPSA) is 87.2 Å². The minimum atomic E-state index is -4.04. The van der Waals surface area contributed by atoms with Gasteiger partial charge in [-0.1, -0.05) is 42.6 Å². The molecule has 2 aromatic carbocycles. The average molecular weight is 467 g/mol. The summed E-state index contributed by atoms with van der Waals surface area (Å²) in [6.45, 7) is -0.417. The van der Waals surface area contributed by atoms with Gasteiger partial charge >= 0.3 is 0 Å². The van der Waals surface area contributed by atoms with Gasteiger partial charge in [-0.25, -0.2) is 8.42 Å². The van der Waals surface area contributed by atoms with Crippen LogP contribution in [-0.2, 0) is 14.8 Å². The molecule has 2 unspecified atom stereocenters. The number of hydrogen-bond acceptors (Lipinski definition) is 5. The monoisotopic (exact) mass is 466 g/mol. The number of nitrogens with zero attached hydrogens (tertiary/aromatic N) is 2. The Kier molecular flexibility index (Phi) is 7.46. The highest BCUT2D eigenvalue weighted by molar-refractivity contribution is 7.92.